The van der Waals surface area contributed by atoms with Gasteiger partial charge in [-0.25, -0.2) is 8.42 Å². The predicted molar refractivity (Wildman–Crippen MR) is 65.5 cm³/mol. The highest BCUT2D eigenvalue weighted by Crippen LogP contribution is 2.25. The van der Waals surface area contributed by atoms with Gasteiger partial charge in [0, 0.05) is 6.54 Å². The van der Waals surface area contributed by atoms with E-state index in [1.807, 2.05) is 0 Å². The van der Waals surface area contributed by atoms with Gasteiger partial charge in [-0.15, -0.1) is 0 Å². The summed E-state index contributed by atoms with van der Waals surface area (Å²) < 4.78 is 30.7. The summed E-state index contributed by atoms with van der Waals surface area (Å²) in [4.78, 5) is 11.1. The molecule has 1 unspecified atom stereocenters. The lowest BCUT2D eigenvalue weighted by molar-refractivity contribution is -0.141. The van der Waals surface area contributed by atoms with Crippen molar-refractivity contribution in [3.05, 3.63) is 29.0 Å². The number of rotatable bonds is 3. The minimum atomic E-state index is -3.93. The van der Waals surface area contributed by atoms with Crippen molar-refractivity contribution in [2.24, 2.45) is 0 Å². The number of carbonyl (C=O) groups is 1. The van der Waals surface area contributed by atoms with Crippen LogP contribution < -0.4 is 0 Å². The Morgan fingerprint density at radius 2 is 2.17 bits per heavy atom. The summed E-state index contributed by atoms with van der Waals surface area (Å²) >= 11 is 3.01. The van der Waals surface area contributed by atoms with E-state index in [2.05, 4.69) is 15.9 Å². The Hall–Kier alpha value is -1.12. The zero-order valence-electron chi connectivity index (χ0n) is 9.11. The second-order valence-electron chi connectivity index (χ2n) is 3.69. The van der Waals surface area contributed by atoms with Crippen LogP contribution in [0.2, 0.25) is 0 Å². The van der Waals surface area contributed by atoms with Gasteiger partial charge in [0.15, 0.2) is 4.67 Å². The van der Waals surface area contributed by atoms with Gasteiger partial charge in [-0.05, 0) is 34.5 Å². The minimum Gasteiger partial charge on any atom is -0.480 e. The largest absolute Gasteiger partial charge is 0.480 e. The molecular formula is C10H10BrNO5S. The molecule has 1 aliphatic rings. The first-order valence-corrected chi connectivity index (χ1v) is 7.31. The number of furan rings is 1. The third kappa shape index (κ3) is 2.36. The van der Waals surface area contributed by atoms with Crippen molar-refractivity contribution >= 4 is 31.9 Å². The molecule has 1 atom stereocenters. The highest BCUT2D eigenvalue weighted by molar-refractivity contribution is 9.10. The highest BCUT2D eigenvalue weighted by atomic mass is 79.9. The van der Waals surface area contributed by atoms with Gasteiger partial charge in [0.1, 0.15) is 6.04 Å². The standard InChI is InChI=1S/C10H10BrNO5S/c11-8-4-5-9(17-8)18(15,16)12-6-2-1-3-7(12)10(13)14/h1-2,4-5,7H,3,6H2,(H,13,14). The van der Waals surface area contributed by atoms with Crippen LogP contribution in [0.15, 0.2) is 38.5 Å². The topological polar surface area (TPSA) is 87.8 Å². The summed E-state index contributed by atoms with van der Waals surface area (Å²) in [6.07, 6.45) is 3.42. The maximum Gasteiger partial charge on any atom is 0.322 e. The number of carboxylic acid groups (broad SMARTS) is 1. The number of sulfonamides is 1. The molecule has 2 rings (SSSR count). The first kappa shape index (κ1) is 13.3. The summed E-state index contributed by atoms with van der Waals surface area (Å²) in [6.45, 7) is 0.0254. The molecule has 2 heterocycles. The van der Waals surface area contributed by atoms with Crippen molar-refractivity contribution in [2.75, 3.05) is 6.54 Å². The van der Waals surface area contributed by atoms with Crippen LogP contribution in [-0.4, -0.2) is 36.4 Å². The van der Waals surface area contributed by atoms with Gasteiger partial charge >= 0.3 is 5.97 Å². The summed E-state index contributed by atoms with van der Waals surface area (Å²) in [7, 11) is -3.93. The molecule has 6 nitrogen and oxygen atoms in total. The first-order chi connectivity index (χ1) is 8.43. The molecule has 8 heteroatoms. The first-order valence-electron chi connectivity index (χ1n) is 5.08. The highest BCUT2D eigenvalue weighted by Gasteiger charge is 2.37. The van der Waals surface area contributed by atoms with Gasteiger partial charge in [-0.3, -0.25) is 4.79 Å². The Labute approximate surface area is 112 Å². The Balaban J connectivity index is 2.40. The Bertz CT molecular complexity index is 591. The molecule has 0 spiro atoms. The van der Waals surface area contributed by atoms with Crippen LogP contribution in [0, 0.1) is 0 Å². The number of hydrogen-bond donors (Lipinski definition) is 1. The van der Waals surface area contributed by atoms with E-state index in [0.29, 0.717) is 0 Å². The number of nitrogens with zero attached hydrogens (tertiary/aromatic N) is 1. The lowest BCUT2D eigenvalue weighted by Gasteiger charge is -2.27. The van der Waals surface area contributed by atoms with Crippen LogP contribution in [0.3, 0.4) is 0 Å². The fourth-order valence-electron chi connectivity index (χ4n) is 1.69. The van der Waals surface area contributed by atoms with E-state index in [1.165, 1.54) is 12.1 Å². The Kier molecular flexibility index (Phi) is 3.60. The van der Waals surface area contributed by atoms with Crippen LogP contribution in [0.1, 0.15) is 6.42 Å². The molecule has 1 aromatic heterocycles. The molecule has 1 N–H and O–H groups in total. The summed E-state index contributed by atoms with van der Waals surface area (Å²) in [5.41, 5.74) is 0. The minimum absolute atomic E-state index is 0.0254. The fourth-order valence-corrected chi connectivity index (χ4v) is 3.56. The lowest BCUT2D eigenvalue weighted by Crippen LogP contribution is -2.46. The number of carboxylic acids is 1. The van der Waals surface area contributed by atoms with E-state index in [9.17, 15) is 13.2 Å². The van der Waals surface area contributed by atoms with Gasteiger partial charge in [0.2, 0.25) is 5.09 Å². The van der Waals surface area contributed by atoms with E-state index in [-0.39, 0.29) is 22.7 Å². The molecule has 1 aromatic rings. The molecule has 0 bridgehead atoms. The molecular weight excluding hydrogens is 326 g/mol. The second kappa shape index (κ2) is 4.87. The summed E-state index contributed by atoms with van der Waals surface area (Å²) in [5.74, 6) is -1.17. The second-order valence-corrected chi connectivity index (χ2v) is 6.30. The maximum atomic E-state index is 12.2. The van der Waals surface area contributed by atoms with Crippen molar-refractivity contribution in [1.29, 1.82) is 0 Å². The van der Waals surface area contributed by atoms with Crippen molar-refractivity contribution < 1.29 is 22.7 Å². The molecule has 0 aromatic carbocycles. The van der Waals surface area contributed by atoms with Crippen LogP contribution in [0.25, 0.3) is 0 Å². The van der Waals surface area contributed by atoms with Crippen molar-refractivity contribution in [3.8, 4) is 0 Å². The third-order valence-corrected chi connectivity index (χ3v) is 4.73. The molecule has 98 valence electrons. The quantitative estimate of drug-likeness (QED) is 0.844. The maximum absolute atomic E-state index is 12.2. The van der Waals surface area contributed by atoms with E-state index >= 15 is 0 Å². The zero-order chi connectivity index (χ0) is 13.3. The van der Waals surface area contributed by atoms with E-state index in [1.54, 1.807) is 12.2 Å². The van der Waals surface area contributed by atoms with Gasteiger partial charge in [0.05, 0.1) is 0 Å². The van der Waals surface area contributed by atoms with Crippen LogP contribution >= 0.6 is 15.9 Å². The summed E-state index contributed by atoms with van der Waals surface area (Å²) in [5, 5.41) is 8.78. The zero-order valence-corrected chi connectivity index (χ0v) is 11.5. The molecule has 0 saturated heterocycles. The van der Waals surface area contributed by atoms with Gasteiger partial charge < -0.3 is 9.52 Å². The molecule has 0 amide bonds. The van der Waals surface area contributed by atoms with Gasteiger partial charge in [-0.1, -0.05) is 12.2 Å². The van der Waals surface area contributed by atoms with Crippen molar-refractivity contribution in [1.82, 2.24) is 4.31 Å². The monoisotopic (exact) mass is 335 g/mol. The van der Waals surface area contributed by atoms with E-state index in [4.69, 9.17) is 9.52 Å². The van der Waals surface area contributed by atoms with Crippen LogP contribution in [0.4, 0.5) is 0 Å². The SMILES string of the molecule is O=C(O)C1CC=CCN1S(=O)(=O)c1ccc(Br)o1. The Morgan fingerprint density at radius 1 is 1.44 bits per heavy atom. The average Bonchev–Trinajstić information content (AvgIpc) is 2.76. The fraction of sp³-hybridized carbons (Fsp3) is 0.300. The number of aliphatic carboxylic acids is 1. The van der Waals surface area contributed by atoms with Gasteiger partial charge in [-0.2, -0.15) is 4.31 Å². The van der Waals surface area contributed by atoms with E-state index < -0.39 is 22.0 Å². The van der Waals surface area contributed by atoms with Crippen LogP contribution in [-0.2, 0) is 14.8 Å². The molecule has 0 saturated carbocycles. The van der Waals surface area contributed by atoms with Crippen LogP contribution in [0.5, 0.6) is 0 Å². The van der Waals surface area contributed by atoms with E-state index in [0.717, 1.165) is 4.31 Å². The van der Waals surface area contributed by atoms with Gasteiger partial charge in [0.25, 0.3) is 10.0 Å². The molecule has 0 radical (unpaired) electrons. The van der Waals surface area contributed by atoms with Crippen molar-refractivity contribution in [2.45, 2.75) is 17.6 Å². The number of halogens is 1. The van der Waals surface area contributed by atoms with Crippen molar-refractivity contribution in [3.63, 3.8) is 0 Å². The summed E-state index contributed by atoms with van der Waals surface area (Å²) in [6, 6.07) is 1.64. The Morgan fingerprint density at radius 3 is 2.72 bits per heavy atom. The normalized spacial score (nSPS) is 21.1. The third-order valence-electron chi connectivity index (χ3n) is 2.56. The number of hydrogen-bond acceptors (Lipinski definition) is 4. The molecule has 1 aliphatic heterocycles. The molecule has 0 fully saturated rings. The molecule has 18 heavy (non-hydrogen) atoms. The smallest absolute Gasteiger partial charge is 0.322 e. The predicted octanol–water partition coefficient (Wildman–Crippen LogP) is 1.45. The average molecular weight is 336 g/mol. The molecule has 0 aliphatic carbocycles. The lowest BCUT2D eigenvalue weighted by atomic mass is 10.1.